The van der Waals surface area contributed by atoms with Crippen LogP contribution in [0.2, 0.25) is 0 Å². The summed E-state index contributed by atoms with van der Waals surface area (Å²) in [6.07, 6.45) is 0. The third-order valence-corrected chi connectivity index (χ3v) is 6.37. The molecule has 2 heterocycles. The summed E-state index contributed by atoms with van der Waals surface area (Å²) in [6, 6.07) is 14.8. The second kappa shape index (κ2) is 12.0. The summed E-state index contributed by atoms with van der Waals surface area (Å²) in [4.78, 5) is 55.3. The molecule has 0 aliphatic rings. The molecule has 2 aromatic heterocycles. The zero-order chi connectivity index (χ0) is 29.0. The standard InChI is InChI=1S/C28H27BrN6O5/c1-5-31-23-20(26(37)32-18-11-9-16(10-12-18)22-15(2)40-35(4)28(22)39)14-21(29)34-24(23)27(38)33-19-8-6-7-17(13-19)25(36)30-3/h6-14,31H,5H2,1-4H3,(H,30,36)(H,32,37)(H,33,38). The lowest BCUT2D eigenvalue weighted by molar-refractivity contribution is 0.0960. The summed E-state index contributed by atoms with van der Waals surface area (Å²) in [5.41, 5.74) is 2.54. The largest absolute Gasteiger partial charge is 0.383 e. The average Bonchev–Trinajstić information content (AvgIpc) is 3.19. The fraction of sp³-hybridized carbons (Fsp3) is 0.179. The first-order valence-electron chi connectivity index (χ1n) is 12.3. The Kier molecular flexibility index (Phi) is 8.49. The molecule has 0 radical (unpaired) electrons. The van der Waals surface area contributed by atoms with Gasteiger partial charge < -0.3 is 25.8 Å². The molecule has 0 saturated carbocycles. The van der Waals surface area contributed by atoms with Crippen molar-refractivity contribution in [2.24, 2.45) is 7.05 Å². The molecule has 0 bridgehead atoms. The number of aromatic nitrogens is 2. The molecule has 3 amide bonds. The van der Waals surface area contributed by atoms with Crippen LogP contribution in [-0.2, 0) is 7.05 Å². The van der Waals surface area contributed by atoms with Crippen molar-refractivity contribution in [1.29, 1.82) is 0 Å². The SMILES string of the molecule is CCNc1c(C(=O)Nc2ccc(-c3c(C)on(C)c3=O)cc2)cc(Br)nc1C(=O)Nc1cccc(C(=O)NC)c1. The van der Waals surface area contributed by atoms with Gasteiger partial charge in [0.05, 0.1) is 16.8 Å². The highest BCUT2D eigenvalue weighted by Gasteiger charge is 2.23. The van der Waals surface area contributed by atoms with Gasteiger partial charge in [0, 0.05) is 37.6 Å². The number of amides is 3. The number of rotatable bonds is 8. The lowest BCUT2D eigenvalue weighted by atomic mass is 10.1. The normalized spacial score (nSPS) is 10.6. The van der Waals surface area contributed by atoms with Crippen molar-refractivity contribution in [1.82, 2.24) is 15.0 Å². The van der Waals surface area contributed by atoms with Crippen LogP contribution in [0.1, 0.15) is 43.9 Å². The van der Waals surface area contributed by atoms with E-state index in [9.17, 15) is 19.2 Å². The van der Waals surface area contributed by atoms with Crippen LogP contribution in [0.3, 0.4) is 0 Å². The van der Waals surface area contributed by atoms with E-state index in [1.54, 1.807) is 62.5 Å². The number of hydrogen-bond donors (Lipinski definition) is 4. The Hall–Kier alpha value is -4.71. The van der Waals surface area contributed by atoms with E-state index in [1.165, 1.54) is 13.1 Å². The van der Waals surface area contributed by atoms with E-state index < -0.39 is 11.8 Å². The molecule has 40 heavy (non-hydrogen) atoms. The number of carbonyl (C=O) groups excluding carboxylic acids is 3. The van der Waals surface area contributed by atoms with Crippen LogP contribution in [0, 0.1) is 6.92 Å². The molecule has 0 aliphatic carbocycles. The van der Waals surface area contributed by atoms with Crippen molar-refractivity contribution >= 4 is 50.7 Å². The van der Waals surface area contributed by atoms with Crippen LogP contribution in [0.25, 0.3) is 11.1 Å². The van der Waals surface area contributed by atoms with Crippen molar-refractivity contribution in [2.45, 2.75) is 13.8 Å². The second-order valence-corrected chi connectivity index (χ2v) is 9.53. The van der Waals surface area contributed by atoms with E-state index in [4.69, 9.17) is 4.52 Å². The Balaban J connectivity index is 1.61. The number of halogens is 1. The predicted molar refractivity (Wildman–Crippen MR) is 156 cm³/mol. The topological polar surface area (TPSA) is 147 Å². The molecule has 0 aliphatic heterocycles. The summed E-state index contributed by atoms with van der Waals surface area (Å²) in [6.45, 7) is 3.96. The van der Waals surface area contributed by atoms with Crippen molar-refractivity contribution in [2.75, 3.05) is 29.5 Å². The molecule has 2 aromatic carbocycles. The van der Waals surface area contributed by atoms with Crippen LogP contribution >= 0.6 is 15.9 Å². The van der Waals surface area contributed by atoms with Crippen molar-refractivity contribution in [3.63, 3.8) is 0 Å². The molecule has 0 unspecified atom stereocenters. The van der Waals surface area contributed by atoms with Crippen LogP contribution in [0.5, 0.6) is 0 Å². The minimum Gasteiger partial charge on any atom is -0.383 e. The first-order chi connectivity index (χ1) is 19.1. The van der Waals surface area contributed by atoms with Gasteiger partial charge in [0.25, 0.3) is 23.3 Å². The molecule has 0 saturated heterocycles. The molecule has 0 spiro atoms. The molecule has 0 atom stereocenters. The van der Waals surface area contributed by atoms with Gasteiger partial charge in [0.1, 0.15) is 10.4 Å². The first-order valence-corrected chi connectivity index (χ1v) is 13.1. The summed E-state index contributed by atoms with van der Waals surface area (Å²) < 4.78 is 6.80. The van der Waals surface area contributed by atoms with E-state index in [1.807, 2.05) is 6.92 Å². The summed E-state index contributed by atoms with van der Waals surface area (Å²) in [7, 11) is 3.06. The highest BCUT2D eigenvalue weighted by molar-refractivity contribution is 9.10. The molecule has 0 fully saturated rings. The van der Waals surface area contributed by atoms with Gasteiger partial charge in [-0.25, -0.2) is 4.98 Å². The van der Waals surface area contributed by atoms with E-state index in [2.05, 4.69) is 42.2 Å². The third kappa shape index (κ3) is 5.96. The maximum absolute atomic E-state index is 13.4. The number of nitrogens with one attached hydrogen (secondary N) is 4. The third-order valence-electron chi connectivity index (χ3n) is 5.97. The fourth-order valence-corrected chi connectivity index (χ4v) is 4.54. The molecule has 11 nitrogen and oxygen atoms in total. The van der Waals surface area contributed by atoms with E-state index in [0.29, 0.717) is 40.4 Å². The Bertz CT molecular complexity index is 1660. The lowest BCUT2D eigenvalue weighted by Crippen LogP contribution is -2.22. The predicted octanol–water partition coefficient (Wildman–Crippen LogP) is 4.41. The summed E-state index contributed by atoms with van der Waals surface area (Å²) in [5.74, 6) is -0.841. The number of hydrogen-bond acceptors (Lipinski definition) is 7. The highest BCUT2D eigenvalue weighted by atomic mass is 79.9. The smallest absolute Gasteiger partial charge is 0.290 e. The number of carbonyl (C=O) groups is 3. The van der Waals surface area contributed by atoms with E-state index in [-0.39, 0.29) is 33.0 Å². The van der Waals surface area contributed by atoms with Crippen LogP contribution in [0.4, 0.5) is 17.1 Å². The maximum atomic E-state index is 13.4. The van der Waals surface area contributed by atoms with Gasteiger partial charge in [-0.05, 0) is 71.7 Å². The van der Waals surface area contributed by atoms with Gasteiger partial charge in [0.15, 0.2) is 5.69 Å². The summed E-state index contributed by atoms with van der Waals surface area (Å²) >= 11 is 3.30. The summed E-state index contributed by atoms with van der Waals surface area (Å²) in [5, 5.41) is 11.2. The van der Waals surface area contributed by atoms with Gasteiger partial charge in [-0.15, -0.1) is 0 Å². The number of benzene rings is 2. The van der Waals surface area contributed by atoms with E-state index in [0.717, 1.165) is 4.74 Å². The molecule has 4 N–H and O–H groups in total. The Morgan fingerprint density at radius 1 is 0.975 bits per heavy atom. The Morgan fingerprint density at radius 2 is 1.68 bits per heavy atom. The first kappa shape index (κ1) is 28.3. The number of nitrogens with zero attached hydrogens (tertiary/aromatic N) is 2. The Labute approximate surface area is 238 Å². The highest BCUT2D eigenvalue weighted by Crippen LogP contribution is 2.27. The molecule has 206 valence electrons. The van der Waals surface area contributed by atoms with Gasteiger partial charge in [0.2, 0.25) is 0 Å². The Morgan fingerprint density at radius 3 is 2.30 bits per heavy atom. The lowest BCUT2D eigenvalue weighted by Gasteiger charge is -2.16. The van der Waals surface area contributed by atoms with Crippen molar-refractivity contribution in [3.05, 3.63) is 92.1 Å². The van der Waals surface area contributed by atoms with Crippen molar-refractivity contribution < 1.29 is 18.9 Å². The zero-order valence-electron chi connectivity index (χ0n) is 22.2. The van der Waals surface area contributed by atoms with Gasteiger partial charge in [-0.2, -0.15) is 4.74 Å². The number of anilines is 3. The fourth-order valence-electron chi connectivity index (χ4n) is 4.13. The zero-order valence-corrected chi connectivity index (χ0v) is 23.8. The maximum Gasteiger partial charge on any atom is 0.290 e. The quantitative estimate of drug-likeness (QED) is 0.217. The average molecular weight is 607 g/mol. The second-order valence-electron chi connectivity index (χ2n) is 8.72. The molecular weight excluding hydrogens is 580 g/mol. The van der Waals surface area contributed by atoms with E-state index >= 15 is 0 Å². The molecule has 12 heteroatoms. The minimum absolute atomic E-state index is 0.00616. The van der Waals surface area contributed by atoms with Crippen molar-refractivity contribution in [3.8, 4) is 11.1 Å². The van der Waals surface area contributed by atoms with Crippen LogP contribution in [-0.4, -0.2) is 41.0 Å². The number of pyridine rings is 1. The monoisotopic (exact) mass is 606 g/mol. The molecular formula is C28H27BrN6O5. The van der Waals surface area contributed by atoms with Crippen LogP contribution < -0.4 is 26.8 Å². The van der Waals surface area contributed by atoms with Gasteiger partial charge in [-0.1, -0.05) is 18.2 Å². The molecule has 4 rings (SSSR count). The van der Waals surface area contributed by atoms with Gasteiger partial charge in [-0.3, -0.25) is 19.2 Å². The van der Waals surface area contributed by atoms with Crippen LogP contribution in [0.15, 0.2) is 68.5 Å². The minimum atomic E-state index is -0.568. The number of aryl methyl sites for hydroxylation is 2. The molecule has 4 aromatic rings. The van der Waals surface area contributed by atoms with Gasteiger partial charge >= 0.3 is 0 Å².